The Labute approximate surface area is 152 Å². The van der Waals surface area contributed by atoms with Gasteiger partial charge in [0, 0.05) is 23.1 Å². The highest BCUT2D eigenvalue weighted by molar-refractivity contribution is 7.15. The summed E-state index contributed by atoms with van der Waals surface area (Å²) in [5.41, 5.74) is 1.17. The van der Waals surface area contributed by atoms with E-state index in [-0.39, 0.29) is 17.7 Å². The number of hydrogen-bond donors (Lipinski definition) is 2. The van der Waals surface area contributed by atoms with Gasteiger partial charge in [0.05, 0.1) is 0 Å². The molecule has 1 aromatic carbocycles. The Kier molecular flexibility index (Phi) is 6.64. The number of amides is 2. The van der Waals surface area contributed by atoms with Crippen LogP contribution in [0.4, 0.5) is 10.8 Å². The summed E-state index contributed by atoms with van der Waals surface area (Å²) >= 11 is 1.42. The molecule has 0 spiro atoms. The topological polar surface area (TPSA) is 84.0 Å². The Balaban J connectivity index is 2.00. The van der Waals surface area contributed by atoms with Crippen molar-refractivity contribution in [1.82, 2.24) is 10.2 Å². The summed E-state index contributed by atoms with van der Waals surface area (Å²) < 4.78 is 0. The zero-order chi connectivity index (χ0) is 18.4. The normalized spacial score (nSPS) is 11.0. The molecular formula is C18H24N4O2S. The van der Waals surface area contributed by atoms with Gasteiger partial charge in [-0.05, 0) is 37.1 Å². The van der Waals surface area contributed by atoms with Crippen LogP contribution < -0.4 is 10.6 Å². The van der Waals surface area contributed by atoms with Crippen molar-refractivity contribution in [2.24, 2.45) is 5.92 Å². The summed E-state index contributed by atoms with van der Waals surface area (Å²) in [6.07, 6.45) is 2.01. The average molecular weight is 360 g/mol. The summed E-state index contributed by atoms with van der Waals surface area (Å²) in [6, 6.07) is 6.78. The van der Waals surface area contributed by atoms with E-state index in [2.05, 4.69) is 34.7 Å². The van der Waals surface area contributed by atoms with Crippen LogP contribution in [0.5, 0.6) is 0 Å². The van der Waals surface area contributed by atoms with Crippen molar-refractivity contribution in [3.05, 3.63) is 34.8 Å². The molecule has 7 heteroatoms. The third-order valence-electron chi connectivity index (χ3n) is 3.93. The lowest BCUT2D eigenvalue weighted by Gasteiger charge is -2.08. The summed E-state index contributed by atoms with van der Waals surface area (Å²) in [4.78, 5) is 24.0. The van der Waals surface area contributed by atoms with Gasteiger partial charge >= 0.3 is 0 Å². The van der Waals surface area contributed by atoms with E-state index >= 15 is 0 Å². The van der Waals surface area contributed by atoms with Crippen molar-refractivity contribution >= 4 is 34.0 Å². The van der Waals surface area contributed by atoms with Crippen LogP contribution in [-0.2, 0) is 4.79 Å². The van der Waals surface area contributed by atoms with Gasteiger partial charge in [-0.1, -0.05) is 39.0 Å². The largest absolute Gasteiger partial charge is 0.326 e. The van der Waals surface area contributed by atoms with Gasteiger partial charge in [0.1, 0.15) is 5.01 Å². The maximum Gasteiger partial charge on any atom is 0.257 e. The van der Waals surface area contributed by atoms with E-state index in [0.717, 1.165) is 17.8 Å². The molecule has 0 saturated carbocycles. The number of hydrogen-bond acceptors (Lipinski definition) is 5. The van der Waals surface area contributed by atoms with Crippen molar-refractivity contribution in [3.63, 3.8) is 0 Å². The van der Waals surface area contributed by atoms with Crippen LogP contribution in [0.1, 0.15) is 61.8 Å². The molecule has 0 saturated heterocycles. The molecule has 0 aliphatic rings. The van der Waals surface area contributed by atoms with Gasteiger partial charge in [-0.3, -0.25) is 14.9 Å². The molecule has 25 heavy (non-hydrogen) atoms. The Hall–Kier alpha value is -2.28. The minimum Gasteiger partial charge on any atom is -0.326 e. The lowest BCUT2D eigenvalue weighted by molar-refractivity contribution is -0.118. The van der Waals surface area contributed by atoms with Crippen molar-refractivity contribution in [3.8, 4) is 0 Å². The minimum absolute atomic E-state index is 0.0556. The van der Waals surface area contributed by atoms with Gasteiger partial charge in [-0.25, -0.2) is 0 Å². The van der Waals surface area contributed by atoms with Crippen molar-refractivity contribution < 1.29 is 9.59 Å². The lowest BCUT2D eigenvalue weighted by Crippen LogP contribution is -2.18. The van der Waals surface area contributed by atoms with Crippen LogP contribution in [0.25, 0.3) is 0 Å². The summed E-state index contributed by atoms with van der Waals surface area (Å²) in [7, 11) is 0. The number of benzene rings is 1. The van der Waals surface area contributed by atoms with Crippen LogP contribution in [0.3, 0.4) is 0 Å². The highest BCUT2D eigenvalue weighted by Crippen LogP contribution is 2.28. The quantitative estimate of drug-likeness (QED) is 0.771. The molecule has 2 amide bonds. The predicted octanol–water partition coefficient (Wildman–Crippen LogP) is 4.29. The van der Waals surface area contributed by atoms with E-state index < -0.39 is 0 Å². The van der Waals surface area contributed by atoms with Crippen LogP contribution in [0.15, 0.2) is 24.3 Å². The fourth-order valence-electron chi connectivity index (χ4n) is 2.25. The molecule has 0 atom stereocenters. The first kappa shape index (κ1) is 19.1. The molecule has 0 fully saturated rings. The third kappa shape index (κ3) is 5.09. The van der Waals surface area contributed by atoms with E-state index in [0.29, 0.717) is 22.3 Å². The molecule has 1 heterocycles. The fourth-order valence-corrected chi connectivity index (χ4v) is 3.25. The van der Waals surface area contributed by atoms with Crippen molar-refractivity contribution in [1.29, 1.82) is 0 Å². The molecule has 2 N–H and O–H groups in total. The highest BCUT2D eigenvalue weighted by Gasteiger charge is 2.15. The zero-order valence-electron chi connectivity index (χ0n) is 15.0. The Morgan fingerprint density at radius 1 is 1.04 bits per heavy atom. The van der Waals surface area contributed by atoms with Crippen LogP contribution in [0.2, 0.25) is 0 Å². The first-order chi connectivity index (χ1) is 11.9. The number of nitrogens with one attached hydrogen (secondary N) is 2. The van der Waals surface area contributed by atoms with Gasteiger partial charge in [-0.2, -0.15) is 0 Å². The molecule has 0 unspecified atom stereocenters. The third-order valence-corrected chi connectivity index (χ3v) is 4.94. The number of rotatable bonds is 7. The van der Waals surface area contributed by atoms with Crippen LogP contribution in [-0.4, -0.2) is 22.0 Å². The summed E-state index contributed by atoms with van der Waals surface area (Å²) in [5, 5.41) is 15.3. The maximum absolute atomic E-state index is 12.3. The molecular weight excluding hydrogens is 336 g/mol. The van der Waals surface area contributed by atoms with Gasteiger partial charge in [0.15, 0.2) is 0 Å². The Morgan fingerprint density at radius 2 is 1.68 bits per heavy atom. The van der Waals surface area contributed by atoms with E-state index in [1.165, 1.54) is 11.3 Å². The molecule has 1 aromatic heterocycles. The SMILES string of the molecule is CCC(CC)c1nnc(NC(=O)c2ccc(NC(=O)C(C)C)cc2)s1. The Bertz CT molecular complexity index is 721. The molecule has 0 aliphatic heterocycles. The second-order valence-electron chi connectivity index (χ2n) is 6.13. The molecule has 6 nitrogen and oxygen atoms in total. The second-order valence-corrected chi connectivity index (χ2v) is 7.14. The zero-order valence-corrected chi connectivity index (χ0v) is 15.8. The molecule has 134 valence electrons. The maximum atomic E-state index is 12.3. The second kappa shape index (κ2) is 8.71. The molecule has 2 rings (SSSR count). The van der Waals surface area contributed by atoms with Gasteiger partial charge in [0.25, 0.3) is 5.91 Å². The average Bonchev–Trinajstić information content (AvgIpc) is 3.04. The number of nitrogens with zero attached hydrogens (tertiary/aromatic N) is 2. The first-order valence-electron chi connectivity index (χ1n) is 8.50. The van der Waals surface area contributed by atoms with Crippen molar-refractivity contribution in [2.75, 3.05) is 10.6 Å². The predicted molar refractivity (Wildman–Crippen MR) is 101 cm³/mol. The van der Waals surface area contributed by atoms with Gasteiger partial charge in [-0.15, -0.1) is 10.2 Å². The molecule has 0 bridgehead atoms. The number of carbonyl (C=O) groups excluding carboxylic acids is 2. The van der Waals surface area contributed by atoms with E-state index in [1.807, 2.05) is 13.8 Å². The number of anilines is 2. The lowest BCUT2D eigenvalue weighted by atomic mass is 10.1. The van der Waals surface area contributed by atoms with Gasteiger partial charge < -0.3 is 5.32 Å². The number of carbonyl (C=O) groups is 2. The van der Waals surface area contributed by atoms with E-state index in [9.17, 15) is 9.59 Å². The monoisotopic (exact) mass is 360 g/mol. The first-order valence-corrected chi connectivity index (χ1v) is 9.31. The molecule has 0 radical (unpaired) electrons. The minimum atomic E-state index is -0.242. The Morgan fingerprint density at radius 3 is 2.24 bits per heavy atom. The molecule has 2 aromatic rings. The highest BCUT2D eigenvalue weighted by atomic mass is 32.1. The number of aromatic nitrogens is 2. The van der Waals surface area contributed by atoms with Crippen LogP contribution in [0, 0.1) is 5.92 Å². The van der Waals surface area contributed by atoms with E-state index in [4.69, 9.17) is 0 Å². The smallest absolute Gasteiger partial charge is 0.257 e. The molecule has 0 aliphatic carbocycles. The summed E-state index contributed by atoms with van der Waals surface area (Å²) in [5.74, 6) is -0.00868. The van der Waals surface area contributed by atoms with Crippen molar-refractivity contribution in [2.45, 2.75) is 46.5 Å². The van der Waals surface area contributed by atoms with Gasteiger partial charge in [0.2, 0.25) is 11.0 Å². The summed E-state index contributed by atoms with van der Waals surface area (Å²) in [6.45, 7) is 7.89. The fraction of sp³-hybridized carbons (Fsp3) is 0.444. The standard InChI is InChI=1S/C18H24N4O2S/c1-5-12(6-2)17-21-22-18(25-17)20-16(24)13-7-9-14(10-8-13)19-15(23)11(3)4/h7-12H,5-6H2,1-4H3,(H,19,23)(H,20,22,24). The van der Waals surface area contributed by atoms with Crippen LogP contribution >= 0.6 is 11.3 Å². The van der Waals surface area contributed by atoms with E-state index in [1.54, 1.807) is 24.3 Å².